The lowest BCUT2D eigenvalue weighted by molar-refractivity contribution is 0.162. The molecule has 2 heteroatoms. The lowest BCUT2D eigenvalue weighted by Crippen LogP contribution is -2.09. The van der Waals surface area contributed by atoms with Gasteiger partial charge >= 0.3 is 0 Å². The van der Waals surface area contributed by atoms with Crippen molar-refractivity contribution in [3.8, 4) is 0 Å². The van der Waals surface area contributed by atoms with Crippen molar-refractivity contribution in [3.63, 3.8) is 0 Å². The Morgan fingerprint density at radius 2 is 1.30 bits per heavy atom. The van der Waals surface area contributed by atoms with E-state index in [9.17, 15) is 0 Å². The highest BCUT2D eigenvalue weighted by Crippen LogP contribution is 1.64. The highest BCUT2D eigenvalue weighted by molar-refractivity contribution is 4.27. The normalized spacial score (nSPS) is 8.40. The van der Waals surface area contributed by atoms with Crippen LogP contribution >= 0.6 is 0 Å². The van der Waals surface area contributed by atoms with E-state index in [0.29, 0.717) is 0 Å². The molecule has 1 N–H and O–H groups in total. The molecule has 0 aliphatic rings. The molecule has 0 heterocycles. The summed E-state index contributed by atoms with van der Waals surface area (Å²) < 4.78 is 4.83. The van der Waals surface area contributed by atoms with Gasteiger partial charge in [0, 0.05) is 13.2 Å². The Morgan fingerprint density at radius 1 is 0.900 bits per heavy atom. The van der Waals surface area contributed by atoms with Crippen LogP contribution in [-0.2, 0) is 4.74 Å². The summed E-state index contributed by atoms with van der Waals surface area (Å²) in [6.07, 6.45) is 0. The molecule has 2 nitrogen and oxygen atoms in total. The number of hydrogen-bond donors (Lipinski definition) is 1. The molecule has 0 spiro atoms. The third-order valence-corrected chi connectivity index (χ3v) is 0.908. The van der Waals surface area contributed by atoms with Crippen molar-refractivity contribution < 1.29 is 4.74 Å². The van der Waals surface area contributed by atoms with Crippen molar-refractivity contribution in [2.24, 2.45) is 0 Å². The Bertz CT molecular complexity index is 30.2. The van der Waals surface area contributed by atoms with Crippen LogP contribution in [0.25, 0.3) is 0 Å². The molecule has 0 aromatic carbocycles. The summed E-state index contributed by atoms with van der Waals surface area (Å²) >= 11 is 0. The fraction of sp³-hybridized carbons (Fsp3) is 1.00. The van der Waals surface area contributed by atoms with Crippen molar-refractivity contribution in [3.05, 3.63) is 0 Å². The van der Waals surface area contributed by atoms with Crippen molar-refractivity contribution in [1.82, 2.24) is 5.32 Å². The fourth-order valence-corrected chi connectivity index (χ4v) is 0.454. The smallest absolute Gasteiger partial charge is 0.0437 e. The predicted molar refractivity (Wildman–Crippen MR) is 46.4 cm³/mol. The lowest BCUT2D eigenvalue weighted by atomic mass is 10.7. The minimum Gasteiger partial charge on any atom is -0.382 e. The van der Waals surface area contributed by atoms with Gasteiger partial charge in [-0.15, -0.1) is 0 Å². The van der Waals surface area contributed by atoms with E-state index in [1.54, 1.807) is 0 Å². The quantitative estimate of drug-likeness (QED) is 0.653. The maximum Gasteiger partial charge on any atom is 0.0437 e. The molecule has 0 unspecified atom stereocenters. The van der Waals surface area contributed by atoms with E-state index in [0.717, 1.165) is 26.3 Å². The minimum atomic E-state index is 0.844. The van der Waals surface area contributed by atoms with Gasteiger partial charge in [0.15, 0.2) is 0 Å². The summed E-state index contributed by atoms with van der Waals surface area (Å²) in [7, 11) is 0. The highest BCUT2D eigenvalue weighted by atomic mass is 16.5. The van der Waals surface area contributed by atoms with E-state index in [4.69, 9.17) is 4.74 Å². The van der Waals surface area contributed by atoms with Gasteiger partial charge in [-0.2, -0.15) is 0 Å². The van der Waals surface area contributed by atoms with Crippen LogP contribution in [0, 0.1) is 0 Å². The summed E-state index contributed by atoms with van der Waals surface area (Å²) in [5.41, 5.74) is 0. The Hall–Kier alpha value is -0.0800. The van der Waals surface area contributed by atoms with Gasteiger partial charge in [-0.3, -0.25) is 0 Å². The average molecular weight is 147 g/mol. The second-order valence-electron chi connectivity index (χ2n) is 1.74. The first-order chi connectivity index (χ1) is 4.83. The molecule has 0 saturated heterocycles. The first-order valence-corrected chi connectivity index (χ1v) is 4.11. The SMILES string of the molecule is CCNCC.CCOCC. The lowest BCUT2D eigenvalue weighted by Gasteiger charge is -1.86. The zero-order chi connectivity index (χ0) is 8.24. The zero-order valence-corrected chi connectivity index (χ0v) is 7.74. The van der Waals surface area contributed by atoms with E-state index in [-0.39, 0.29) is 0 Å². The largest absolute Gasteiger partial charge is 0.382 e. The molecule has 0 atom stereocenters. The molecule has 0 fully saturated rings. The molecule has 0 rings (SSSR count). The third kappa shape index (κ3) is 24.7. The number of nitrogens with one attached hydrogen (secondary N) is 1. The van der Waals surface area contributed by atoms with Gasteiger partial charge in [-0.05, 0) is 26.9 Å². The van der Waals surface area contributed by atoms with Crippen LogP contribution in [-0.4, -0.2) is 26.3 Å². The second kappa shape index (κ2) is 16.0. The Kier molecular flexibility index (Phi) is 20.1. The van der Waals surface area contributed by atoms with Crippen molar-refractivity contribution >= 4 is 0 Å². The molecular formula is C8H21NO. The van der Waals surface area contributed by atoms with E-state index >= 15 is 0 Å². The first-order valence-electron chi connectivity index (χ1n) is 4.11. The molecular weight excluding hydrogens is 126 g/mol. The zero-order valence-electron chi connectivity index (χ0n) is 7.74. The maximum absolute atomic E-state index is 4.83. The maximum atomic E-state index is 4.83. The van der Waals surface area contributed by atoms with Gasteiger partial charge in [0.25, 0.3) is 0 Å². The Labute approximate surface area is 65.0 Å². The van der Waals surface area contributed by atoms with Crippen LogP contribution in [0.3, 0.4) is 0 Å². The molecule has 0 amide bonds. The molecule has 64 valence electrons. The monoisotopic (exact) mass is 147 g/mol. The summed E-state index contributed by atoms with van der Waals surface area (Å²) in [6, 6.07) is 0. The van der Waals surface area contributed by atoms with Crippen molar-refractivity contribution in [2.75, 3.05) is 26.3 Å². The van der Waals surface area contributed by atoms with Crippen molar-refractivity contribution in [2.45, 2.75) is 27.7 Å². The highest BCUT2D eigenvalue weighted by Gasteiger charge is 1.64. The number of rotatable bonds is 4. The van der Waals surface area contributed by atoms with Crippen LogP contribution < -0.4 is 5.32 Å². The Morgan fingerprint density at radius 3 is 1.30 bits per heavy atom. The molecule has 0 saturated carbocycles. The van der Waals surface area contributed by atoms with Gasteiger partial charge in [-0.25, -0.2) is 0 Å². The van der Waals surface area contributed by atoms with Crippen LogP contribution in [0.2, 0.25) is 0 Å². The van der Waals surface area contributed by atoms with Gasteiger partial charge in [0.2, 0.25) is 0 Å². The second-order valence-corrected chi connectivity index (χ2v) is 1.74. The average Bonchev–Trinajstić information content (AvgIpc) is 1.93. The predicted octanol–water partition coefficient (Wildman–Crippen LogP) is 1.66. The molecule has 0 aliphatic heterocycles. The standard InChI is InChI=1S/C4H11N.C4H10O/c2*1-3-5-4-2/h5H,3-4H2,1-2H3;3-4H2,1-2H3. The third-order valence-electron chi connectivity index (χ3n) is 0.908. The first kappa shape index (κ1) is 12.6. The summed E-state index contributed by atoms with van der Waals surface area (Å²) in [5.74, 6) is 0. The van der Waals surface area contributed by atoms with E-state index < -0.39 is 0 Å². The van der Waals surface area contributed by atoms with E-state index in [1.165, 1.54) is 0 Å². The minimum absolute atomic E-state index is 0.844. The van der Waals surface area contributed by atoms with Gasteiger partial charge in [0.1, 0.15) is 0 Å². The van der Waals surface area contributed by atoms with Crippen LogP contribution in [0.1, 0.15) is 27.7 Å². The molecule has 0 aromatic rings. The van der Waals surface area contributed by atoms with Gasteiger partial charge in [-0.1, -0.05) is 13.8 Å². The summed E-state index contributed by atoms with van der Waals surface area (Å²) in [6.45, 7) is 12.1. The van der Waals surface area contributed by atoms with E-state index in [2.05, 4.69) is 19.2 Å². The van der Waals surface area contributed by atoms with E-state index in [1.807, 2.05) is 13.8 Å². The van der Waals surface area contributed by atoms with Crippen molar-refractivity contribution in [1.29, 1.82) is 0 Å². The van der Waals surface area contributed by atoms with Crippen LogP contribution in [0.5, 0.6) is 0 Å². The number of ether oxygens (including phenoxy) is 1. The molecule has 10 heavy (non-hydrogen) atoms. The number of hydrogen-bond acceptors (Lipinski definition) is 2. The Balaban J connectivity index is 0. The van der Waals surface area contributed by atoms with Gasteiger partial charge in [0.05, 0.1) is 0 Å². The van der Waals surface area contributed by atoms with Gasteiger partial charge < -0.3 is 10.1 Å². The molecule has 0 bridgehead atoms. The molecule has 0 aromatic heterocycles. The van der Waals surface area contributed by atoms with Crippen LogP contribution in [0.4, 0.5) is 0 Å². The fourth-order valence-electron chi connectivity index (χ4n) is 0.454. The van der Waals surface area contributed by atoms with Crippen LogP contribution in [0.15, 0.2) is 0 Å². The summed E-state index contributed by atoms with van der Waals surface area (Å²) in [4.78, 5) is 0. The summed E-state index contributed by atoms with van der Waals surface area (Å²) in [5, 5.41) is 3.11. The molecule has 0 aliphatic carbocycles. The molecule has 0 radical (unpaired) electrons. The topological polar surface area (TPSA) is 21.3 Å².